The van der Waals surface area contributed by atoms with Crippen LogP contribution in [-0.4, -0.2) is 6.29 Å². The van der Waals surface area contributed by atoms with Gasteiger partial charge in [0.25, 0.3) is 0 Å². The predicted octanol–water partition coefficient (Wildman–Crippen LogP) is 2.17. The molecule has 0 saturated carbocycles. The van der Waals surface area contributed by atoms with Crippen LogP contribution in [0.5, 0.6) is 5.75 Å². The van der Waals surface area contributed by atoms with Gasteiger partial charge in [-0.05, 0) is 18.2 Å². The van der Waals surface area contributed by atoms with E-state index in [4.69, 9.17) is 4.74 Å². The van der Waals surface area contributed by atoms with Gasteiger partial charge in [0.15, 0.2) is 0 Å². The largest absolute Gasteiger partial charge is 0.457 e. The van der Waals surface area contributed by atoms with Crippen LogP contribution in [0.4, 0.5) is 0 Å². The van der Waals surface area contributed by atoms with Crippen molar-refractivity contribution in [1.82, 2.24) is 0 Å². The maximum Gasteiger partial charge on any atom is 0.146 e. The molecule has 13 heavy (non-hydrogen) atoms. The molecule has 2 nitrogen and oxygen atoms in total. The van der Waals surface area contributed by atoms with Crippen molar-refractivity contribution in [2.75, 3.05) is 0 Å². The summed E-state index contributed by atoms with van der Waals surface area (Å²) in [5.74, 6) is 1.37. The average molecular weight is 172 g/mol. The molecule has 2 rings (SSSR count). The Kier molecular flexibility index (Phi) is 1.96. The first-order valence-electron chi connectivity index (χ1n) is 4.00. The number of allylic oxidation sites excluding steroid dienone is 2. The highest BCUT2D eigenvalue weighted by Gasteiger charge is 2.06. The molecule has 0 unspecified atom stereocenters. The van der Waals surface area contributed by atoms with Gasteiger partial charge >= 0.3 is 0 Å². The number of aldehydes is 1. The summed E-state index contributed by atoms with van der Waals surface area (Å²) in [5, 5.41) is 0. The van der Waals surface area contributed by atoms with Crippen LogP contribution in [-0.2, 0) is 4.79 Å². The number of carbonyl (C=O) groups is 1. The van der Waals surface area contributed by atoms with E-state index < -0.39 is 0 Å². The lowest BCUT2D eigenvalue weighted by molar-refractivity contribution is -0.104. The summed E-state index contributed by atoms with van der Waals surface area (Å²) in [5.41, 5.74) is 1.03. The van der Waals surface area contributed by atoms with Gasteiger partial charge in [0.05, 0.1) is 0 Å². The van der Waals surface area contributed by atoms with E-state index in [2.05, 4.69) is 0 Å². The quantitative estimate of drug-likeness (QED) is 0.479. The molecule has 1 aliphatic heterocycles. The normalized spacial score (nSPS) is 16.5. The number of carbonyl (C=O) groups excluding carboxylic acids is 1. The van der Waals surface area contributed by atoms with Gasteiger partial charge in [0, 0.05) is 11.6 Å². The Balaban J connectivity index is 2.39. The van der Waals surface area contributed by atoms with Crippen molar-refractivity contribution in [3.63, 3.8) is 0 Å². The molecular weight excluding hydrogens is 164 g/mol. The van der Waals surface area contributed by atoms with Gasteiger partial charge in [-0.15, -0.1) is 0 Å². The van der Waals surface area contributed by atoms with Crippen LogP contribution in [0.15, 0.2) is 42.2 Å². The third kappa shape index (κ3) is 1.51. The Morgan fingerprint density at radius 2 is 2.00 bits per heavy atom. The minimum atomic E-state index is 0.578. The van der Waals surface area contributed by atoms with E-state index in [-0.39, 0.29) is 0 Å². The number of hydrogen-bond acceptors (Lipinski definition) is 2. The second-order valence-corrected chi connectivity index (χ2v) is 2.68. The van der Waals surface area contributed by atoms with Gasteiger partial charge in [0.1, 0.15) is 17.8 Å². The van der Waals surface area contributed by atoms with Gasteiger partial charge in [-0.3, -0.25) is 4.79 Å². The fourth-order valence-electron chi connectivity index (χ4n) is 1.20. The molecule has 1 heterocycles. The number of rotatable bonds is 1. The molecule has 0 fully saturated rings. The van der Waals surface area contributed by atoms with Crippen molar-refractivity contribution in [1.29, 1.82) is 0 Å². The second-order valence-electron chi connectivity index (χ2n) is 2.68. The Morgan fingerprint density at radius 1 is 1.15 bits per heavy atom. The van der Waals surface area contributed by atoms with E-state index in [9.17, 15) is 4.79 Å². The monoisotopic (exact) mass is 172 g/mol. The van der Waals surface area contributed by atoms with Crippen LogP contribution in [0, 0.1) is 0 Å². The minimum absolute atomic E-state index is 0.578. The molecule has 0 N–H and O–H groups in total. The molecule has 0 radical (unpaired) electrons. The SMILES string of the molecule is O=CC=C1C=Cc2ccccc2O1. The van der Waals surface area contributed by atoms with Crippen molar-refractivity contribution in [2.45, 2.75) is 0 Å². The standard InChI is InChI=1S/C11H8O2/c12-8-7-10-6-5-9-3-1-2-4-11(9)13-10/h1-8H. The molecule has 1 aliphatic rings. The van der Waals surface area contributed by atoms with Crippen molar-refractivity contribution < 1.29 is 9.53 Å². The third-order valence-corrected chi connectivity index (χ3v) is 1.81. The lowest BCUT2D eigenvalue weighted by Crippen LogP contribution is -1.98. The van der Waals surface area contributed by atoms with Crippen LogP contribution in [0.25, 0.3) is 6.08 Å². The maximum absolute atomic E-state index is 10.2. The fourth-order valence-corrected chi connectivity index (χ4v) is 1.20. The lowest BCUT2D eigenvalue weighted by atomic mass is 10.1. The molecule has 2 heteroatoms. The average Bonchev–Trinajstić information content (AvgIpc) is 2.18. The van der Waals surface area contributed by atoms with Gasteiger partial charge < -0.3 is 4.74 Å². The Labute approximate surface area is 76.1 Å². The highest BCUT2D eigenvalue weighted by molar-refractivity contribution is 5.70. The summed E-state index contributed by atoms with van der Waals surface area (Å²) in [6, 6.07) is 7.68. The molecule has 0 saturated heterocycles. The zero-order chi connectivity index (χ0) is 9.10. The number of para-hydroxylation sites is 1. The van der Waals surface area contributed by atoms with Crippen LogP contribution in [0.1, 0.15) is 5.56 Å². The van der Waals surface area contributed by atoms with Gasteiger partial charge in [-0.1, -0.05) is 18.2 Å². The summed E-state index contributed by atoms with van der Waals surface area (Å²) in [6.45, 7) is 0. The molecule has 64 valence electrons. The van der Waals surface area contributed by atoms with E-state index in [1.165, 1.54) is 6.08 Å². The molecular formula is C11H8O2. The number of hydrogen-bond donors (Lipinski definition) is 0. The smallest absolute Gasteiger partial charge is 0.146 e. The van der Waals surface area contributed by atoms with E-state index in [1.807, 2.05) is 30.3 Å². The lowest BCUT2D eigenvalue weighted by Gasteiger charge is -2.12. The molecule has 0 spiro atoms. The topological polar surface area (TPSA) is 26.3 Å². The van der Waals surface area contributed by atoms with E-state index >= 15 is 0 Å². The van der Waals surface area contributed by atoms with E-state index in [0.717, 1.165) is 11.3 Å². The van der Waals surface area contributed by atoms with Crippen molar-refractivity contribution in [2.24, 2.45) is 0 Å². The van der Waals surface area contributed by atoms with Crippen molar-refractivity contribution in [3.05, 3.63) is 47.7 Å². The molecule has 1 aromatic rings. The van der Waals surface area contributed by atoms with Gasteiger partial charge in [-0.2, -0.15) is 0 Å². The van der Waals surface area contributed by atoms with E-state index in [1.54, 1.807) is 6.08 Å². The number of fused-ring (bicyclic) bond motifs is 1. The fraction of sp³-hybridized carbons (Fsp3) is 0. The minimum Gasteiger partial charge on any atom is -0.457 e. The third-order valence-electron chi connectivity index (χ3n) is 1.81. The van der Waals surface area contributed by atoms with Crippen molar-refractivity contribution >= 4 is 12.4 Å². The molecule has 0 bridgehead atoms. The molecule has 0 aliphatic carbocycles. The Morgan fingerprint density at radius 3 is 2.85 bits per heavy atom. The van der Waals surface area contributed by atoms with Crippen LogP contribution < -0.4 is 4.74 Å². The Hall–Kier alpha value is -1.83. The van der Waals surface area contributed by atoms with Crippen LogP contribution in [0.2, 0.25) is 0 Å². The van der Waals surface area contributed by atoms with Gasteiger partial charge in [-0.25, -0.2) is 0 Å². The maximum atomic E-state index is 10.2. The highest BCUT2D eigenvalue weighted by Crippen LogP contribution is 2.26. The van der Waals surface area contributed by atoms with E-state index in [0.29, 0.717) is 12.0 Å². The molecule has 0 atom stereocenters. The molecule has 0 amide bonds. The van der Waals surface area contributed by atoms with Crippen molar-refractivity contribution in [3.8, 4) is 5.75 Å². The first-order chi connectivity index (χ1) is 6.40. The number of benzene rings is 1. The summed E-state index contributed by atoms with van der Waals surface area (Å²) in [4.78, 5) is 10.2. The first kappa shape index (κ1) is 7.80. The zero-order valence-electron chi connectivity index (χ0n) is 6.94. The summed E-state index contributed by atoms with van der Waals surface area (Å²) in [7, 11) is 0. The number of ether oxygens (including phenoxy) is 1. The summed E-state index contributed by atoms with van der Waals surface area (Å²) >= 11 is 0. The predicted molar refractivity (Wildman–Crippen MR) is 50.3 cm³/mol. The summed E-state index contributed by atoms with van der Waals surface area (Å²) < 4.78 is 5.42. The second kappa shape index (κ2) is 3.27. The van der Waals surface area contributed by atoms with Crippen LogP contribution in [0.3, 0.4) is 0 Å². The molecule has 0 aromatic heterocycles. The van der Waals surface area contributed by atoms with Gasteiger partial charge in [0.2, 0.25) is 0 Å². The Bertz CT molecular complexity index is 389. The molecule has 1 aromatic carbocycles. The van der Waals surface area contributed by atoms with Crippen LogP contribution >= 0.6 is 0 Å². The summed E-state index contributed by atoms with van der Waals surface area (Å²) in [6.07, 6.45) is 5.81. The zero-order valence-corrected chi connectivity index (χ0v) is 6.94. The highest BCUT2D eigenvalue weighted by atomic mass is 16.5. The first-order valence-corrected chi connectivity index (χ1v) is 4.00.